The van der Waals surface area contributed by atoms with Crippen molar-refractivity contribution in [2.75, 3.05) is 13.2 Å². The highest BCUT2D eigenvalue weighted by Gasteiger charge is 2.38. The van der Waals surface area contributed by atoms with Crippen LogP contribution in [0.4, 0.5) is 13.2 Å². The number of rotatable bonds is 6. The largest absolute Gasteiger partial charge is 0.462 e. The predicted octanol–water partition coefficient (Wildman–Crippen LogP) is 2.12. The quantitative estimate of drug-likeness (QED) is 0.755. The van der Waals surface area contributed by atoms with Gasteiger partial charge in [-0.3, -0.25) is 9.58 Å². The van der Waals surface area contributed by atoms with Crippen LogP contribution in [0.1, 0.15) is 35.8 Å². The summed E-state index contributed by atoms with van der Waals surface area (Å²) in [5.74, 6) is -0.552. The second-order valence-electron chi connectivity index (χ2n) is 5.10. The molecule has 0 aromatic carbocycles. The Morgan fingerprint density at radius 3 is 2.71 bits per heavy atom. The molecule has 1 aliphatic rings. The number of aryl methyl sites for hydroxylation is 1. The van der Waals surface area contributed by atoms with Crippen molar-refractivity contribution in [3.63, 3.8) is 0 Å². The molecule has 1 aromatic rings. The fourth-order valence-corrected chi connectivity index (χ4v) is 2.21. The Hall–Kier alpha value is -1.57. The van der Waals surface area contributed by atoms with Crippen molar-refractivity contribution in [3.05, 3.63) is 17.5 Å². The Bertz CT molecular complexity index is 509. The molecule has 0 spiro atoms. The zero-order valence-electron chi connectivity index (χ0n) is 12.0. The van der Waals surface area contributed by atoms with E-state index in [1.165, 1.54) is 15.8 Å². The third-order valence-electron chi connectivity index (χ3n) is 3.36. The highest BCUT2D eigenvalue weighted by molar-refractivity contribution is 5.90. The molecule has 8 heteroatoms. The molecular weight excluding hydrogens is 287 g/mol. The van der Waals surface area contributed by atoms with Gasteiger partial charge in [-0.25, -0.2) is 4.79 Å². The summed E-state index contributed by atoms with van der Waals surface area (Å²) in [6.45, 7) is 0.941. The van der Waals surface area contributed by atoms with E-state index < -0.39 is 18.7 Å². The molecule has 0 amide bonds. The Labute approximate surface area is 120 Å². The molecule has 2 rings (SSSR count). The first-order valence-electron chi connectivity index (χ1n) is 6.80. The molecule has 1 aliphatic carbocycles. The highest BCUT2D eigenvalue weighted by atomic mass is 19.4. The summed E-state index contributed by atoms with van der Waals surface area (Å²) in [5, 5.41) is 3.96. The van der Waals surface area contributed by atoms with E-state index in [0.717, 1.165) is 12.8 Å². The van der Waals surface area contributed by atoms with E-state index in [1.54, 1.807) is 14.0 Å². The molecule has 118 valence electrons. The van der Waals surface area contributed by atoms with Crippen LogP contribution in [0.2, 0.25) is 0 Å². The maximum Gasteiger partial charge on any atom is 0.401 e. The number of halogens is 3. The van der Waals surface area contributed by atoms with E-state index in [0.29, 0.717) is 5.69 Å². The number of alkyl halides is 3. The summed E-state index contributed by atoms with van der Waals surface area (Å²) in [6, 6.07) is -0.0726. The minimum atomic E-state index is -4.26. The van der Waals surface area contributed by atoms with Crippen molar-refractivity contribution >= 4 is 5.97 Å². The minimum absolute atomic E-state index is 0.0365. The summed E-state index contributed by atoms with van der Waals surface area (Å²) in [4.78, 5) is 13.2. The maximum atomic E-state index is 12.6. The van der Waals surface area contributed by atoms with E-state index in [1.807, 2.05) is 0 Å². The Balaban J connectivity index is 2.16. The second-order valence-corrected chi connectivity index (χ2v) is 5.10. The summed E-state index contributed by atoms with van der Waals surface area (Å²) >= 11 is 0. The summed E-state index contributed by atoms with van der Waals surface area (Å²) in [5.41, 5.74) is 0.678. The van der Waals surface area contributed by atoms with Gasteiger partial charge in [0.1, 0.15) is 5.56 Å². The first kappa shape index (κ1) is 15.8. The topological polar surface area (TPSA) is 47.4 Å². The van der Waals surface area contributed by atoms with Crippen LogP contribution in [0, 0.1) is 0 Å². The molecule has 1 heterocycles. The average molecular weight is 305 g/mol. The molecule has 5 nitrogen and oxygen atoms in total. The molecule has 0 aliphatic heterocycles. The highest BCUT2D eigenvalue weighted by Crippen LogP contribution is 2.31. The lowest BCUT2D eigenvalue weighted by Gasteiger charge is -2.23. The fourth-order valence-electron chi connectivity index (χ4n) is 2.21. The van der Waals surface area contributed by atoms with Crippen molar-refractivity contribution in [3.8, 4) is 0 Å². The molecule has 21 heavy (non-hydrogen) atoms. The van der Waals surface area contributed by atoms with Crippen LogP contribution in [0.25, 0.3) is 0 Å². The van der Waals surface area contributed by atoms with Crippen molar-refractivity contribution in [1.82, 2.24) is 14.7 Å². The van der Waals surface area contributed by atoms with Crippen LogP contribution in [-0.2, 0) is 18.3 Å². The van der Waals surface area contributed by atoms with Crippen LogP contribution in [-0.4, -0.2) is 46.0 Å². The van der Waals surface area contributed by atoms with Gasteiger partial charge in [-0.15, -0.1) is 0 Å². The van der Waals surface area contributed by atoms with E-state index in [-0.39, 0.29) is 24.8 Å². The number of esters is 1. The third kappa shape index (κ3) is 4.20. The van der Waals surface area contributed by atoms with Gasteiger partial charge in [-0.2, -0.15) is 18.3 Å². The SMILES string of the molecule is CCOC(=O)c1cnn(C)c1CN(CC(F)(F)F)C1CC1. The molecule has 0 unspecified atom stereocenters. The van der Waals surface area contributed by atoms with Crippen molar-refractivity contribution < 1.29 is 22.7 Å². The first-order chi connectivity index (χ1) is 9.81. The number of ether oxygens (including phenoxy) is 1. The average Bonchev–Trinajstić information content (AvgIpc) is 3.14. The molecule has 0 atom stereocenters. The maximum absolute atomic E-state index is 12.6. The smallest absolute Gasteiger partial charge is 0.401 e. The normalized spacial score (nSPS) is 15.5. The Morgan fingerprint density at radius 2 is 2.19 bits per heavy atom. The summed E-state index contributed by atoms with van der Waals surface area (Å²) in [6.07, 6.45) is -1.41. The summed E-state index contributed by atoms with van der Waals surface area (Å²) < 4.78 is 44.3. The molecule has 0 radical (unpaired) electrons. The van der Waals surface area contributed by atoms with Gasteiger partial charge >= 0.3 is 12.1 Å². The molecule has 0 bridgehead atoms. The molecule has 1 saturated carbocycles. The van der Waals surface area contributed by atoms with Crippen LogP contribution in [0.5, 0.6) is 0 Å². The van der Waals surface area contributed by atoms with Crippen LogP contribution in [0.3, 0.4) is 0 Å². The van der Waals surface area contributed by atoms with Gasteiger partial charge in [0.25, 0.3) is 0 Å². The lowest BCUT2D eigenvalue weighted by molar-refractivity contribution is -0.148. The van der Waals surface area contributed by atoms with Gasteiger partial charge in [0.15, 0.2) is 0 Å². The van der Waals surface area contributed by atoms with Gasteiger partial charge in [-0.1, -0.05) is 0 Å². The minimum Gasteiger partial charge on any atom is -0.462 e. The van der Waals surface area contributed by atoms with E-state index >= 15 is 0 Å². The lowest BCUT2D eigenvalue weighted by atomic mass is 10.2. The number of nitrogens with zero attached hydrogens (tertiary/aromatic N) is 3. The van der Waals surface area contributed by atoms with Gasteiger partial charge < -0.3 is 4.74 Å². The van der Waals surface area contributed by atoms with Crippen LogP contribution in [0.15, 0.2) is 6.20 Å². The van der Waals surface area contributed by atoms with Gasteiger partial charge in [-0.05, 0) is 19.8 Å². The van der Waals surface area contributed by atoms with Gasteiger partial charge in [0, 0.05) is 19.6 Å². The van der Waals surface area contributed by atoms with Gasteiger partial charge in [0.2, 0.25) is 0 Å². The number of carbonyl (C=O) groups is 1. The number of hydrogen-bond donors (Lipinski definition) is 0. The number of aromatic nitrogens is 2. The number of hydrogen-bond acceptors (Lipinski definition) is 4. The molecule has 1 fully saturated rings. The molecule has 1 aromatic heterocycles. The number of carbonyl (C=O) groups excluding carboxylic acids is 1. The standard InChI is InChI=1S/C13H18F3N3O2/c1-3-21-12(20)10-6-17-18(2)11(10)7-19(9-4-5-9)8-13(14,15)16/h6,9H,3-5,7-8H2,1-2H3. The van der Waals surface area contributed by atoms with E-state index in [4.69, 9.17) is 4.74 Å². The Morgan fingerprint density at radius 1 is 1.52 bits per heavy atom. The van der Waals surface area contributed by atoms with E-state index in [2.05, 4.69) is 5.10 Å². The van der Waals surface area contributed by atoms with Crippen molar-refractivity contribution in [1.29, 1.82) is 0 Å². The second kappa shape index (κ2) is 6.05. The van der Waals surface area contributed by atoms with Gasteiger partial charge in [0.05, 0.1) is 25.0 Å². The summed E-state index contributed by atoms with van der Waals surface area (Å²) in [7, 11) is 1.61. The zero-order valence-corrected chi connectivity index (χ0v) is 12.0. The van der Waals surface area contributed by atoms with Crippen LogP contribution >= 0.6 is 0 Å². The predicted molar refractivity (Wildman–Crippen MR) is 68.7 cm³/mol. The lowest BCUT2D eigenvalue weighted by Crippen LogP contribution is -2.36. The van der Waals surface area contributed by atoms with E-state index in [9.17, 15) is 18.0 Å². The fraction of sp³-hybridized carbons (Fsp3) is 0.692. The zero-order chi connectivity index (χ0) is 15.6. The van der Waals surface area contributed by atoms with Crippen molar-refractivity contribution in [2.24, 2.45) is 7.05 Å². The Kier molecular flexibility index (Phi) is 4.55. The van der Waals surface area contributed by atoms with Crippen LogP contribution < -0.4 is 0 Å². The van der Waals surface area contributed by atoms with Crippen molar-refractivity contribution in [2.45, 2.75) is 38.5 Å². The molecule has 0 N–H and O–H groups in total. The molecule has 0 saturated heterocycles. The first-order valence-corrected chi connectivity index (χ1v) is 6.80. The third-order valence-corrected chi connectivity index (χ3v) is 3.36. The monoisotopic (exact) mass is 305 g/mol. The molecular formula is C13H18F3N3O2.